The molecule has 3 aromatic carbocycles. The third kappa shape index (κ3) is 7.13. The topological polar surface area (TPSA) is 102 Å². The molecule has 1 amide bonds. The first-order valence-corrected chi connectivity index (χ1v) is 14.9. The van der Waals surface area contributed by atoms with Crippen LogP contribution < -0.4 is 5.32 Å². The molecule has 0 bridgehead atoms. The van der Waals surface area contributed by atoms with Crippen molar-refractivity contribution in [2.45, 2.75) is 57.6 Å². The Balaban J connectivity index is 1.47. The fraction of sp³-hybridized carbons (Fsp3) is 0.400. The van der Waals surface area contributed by atoms with Gasteiger partial charge in [-0.25, -0.2) is 4.39 Å². The van der Waals surface area contributed by atoms with Crippen molar-refractivity contribution in [3.8, 4) is 11.1 Å². The lowest BCUT2D eigenvalue weighted by molar-refractivity contribution is -0.162. The van der Waals surface area contributed by atoms with Crippen LogP contribution in [0.1, 0.15) is 49.3 Å². The summed E-state index contributed by atoms with van der Waals surface area (Å²) in [4.78, 5) is 37.4. The van der Waals surface area contributed by atoms with Gasteiger partial charge in [0.2, 0.25) is 5.91 Å². The highest BCUT2D eigenvalue weighted by Gasteiger charge is 2.53. The summed E-state index contributed by atoms with van der Waals surface area (Å²) < 4.78 is 28.0. The molecule has 0 radical (unpaired) electrons. The number of carbonyl (C=O) groups excluding carboxylic acids is 2. The Morgan fingerprint density at radius 1 is 1.02 bits per heavy atom. The normalized spacial score (nSPS) is 23.5. The number of morpholine rings is 1. The number of carboxylic acid groups (broad SMARTS) is 1. The summed E-state index contributed by atoms with van der Waals surface area (Å²) in [5.41, 5.74) is 2.50. The van der Waals surface area contributed by atoms with Crippen LogP contribution in [0.5, 0.6) is 0 Å². The van der Waals surface area contributed by atoms with Crippen LogP contribution in [0.2, 0.25) is 0 Å². The molecule has 5 rings (SSSR count). The standard InChI is InChI=1S/C35H38FNO6/c1-23-17-29(34(41)43-20-24-9-3-2-4-10-24)30(35(19-23)22-42-21-31(38)37-35)18-26-13-7-15-28(33(26)36)27-14-6-5-11-25(27)12-8-16-32(39)40/h2-7,9-11,13-15,23,29-30H,8,12,16-22H2,1H3,(H,37,38)(H,39,40)/t23-,29?,30?,35?/m0/s1. The number of amides is 1. The van der Waals surface area contributed by atoms with Gasteiger partial charge in [-0.2, -0.15) is 0 Å². The highest BCUT2D eigenvalue weighted by Crippen LogP contribution is 2.45. The van der Waals surface area contributed by atoms with Crippen molar-refractivity contribution in [1.82, 2.24) is 5.32 Å². The molecule has 8 heteroatoms. The van der Waals surface area contributed by atoms with E-state index in [1.165, 1.54) is 0 Å². The van der Waals surface area contributed by atoms with Gasteiger partial charge in [-0.05, 0) is 60.3 Å². The van der Waals surface area contributed by atoms with E-state index >= 15 is 4.39 Å². The second-order valence-electron chi connectivity index (χ2n) is 11.9. The molecular weight excluding hydrogens is 549 g/mol. The van der Waals surface area contributed by atoms with Crippen LogP contribution in [0.3, 0.4) is 0 Å². The van der Waals surface area contributed by atoms with E-state index < -0.39 is 23.3 Å². The molecule has 2 aliphatic rings. The summed E-state index contributed by atoms with van der Waals surface area (Å²) in [6, 6.07) is 22.2. The summed E-state index contributed by atoms with van der Waals surface area (Å²) in [5, 5.41) is 12.2. The Morgan fingerprint density at radius 3 is 2.51 bits per heavy atom. The van der Waals surface area contributed by atoms with Crippen LogP contribution in [0.4, 0.5) is 4.39 Å². The minimum absolute atomic E-state index is 0.0363. The molecule has 4 atom stereocenters. The SMILES string of the molecule is C[C@H]1CC(C(=O)OCc2ccccc2)C(Cc2cccc(-c3ccccc3CCCC(=O)O)c2F)C2(COCC(=O)N2)C1. The van der Waals surface area contributed by atoms with Gasteiger partial charge in [0, 0.05) is 17.9 Å². The molecule has 3 unspecified atom stereocenters. The summed E-state index contributed by atoms with van der Waals surface area (Å²) in [5.74, 6) is -2.77. The zero-order valence-electron chi connectivity index (χ0n) is 24.4. The molecule has 7 nitrogen and oxygen atoms in total. The second-order valence-corrected chi connectivity index (χ2v) is 11.9. The highest BCUT2D eigenvalue weighted by molar-refractivity contribution is 5.80. The van der Waals surface area contributed by atoms with Crippen molar-refractivity contribution < 1.29 is 33.4 Å². The molecule has 226 valence electrons. The Hall–Kier alpha value is -4.04. The number of benzene rings is 3. The number of hydrogen-bond acceptors (Lipinski definition) is 5. The Bertz CT molecular complexity index is 1460. The molecule has 43 heavy (non-hydrogen) atoms. The maximum atomic E-state index is 16.4. The summed E-state index contributed by atoms with van der Waals surface area (Å²) in [6.45, 7) is 2.38. The summed E-state index contributed by atoms with van der Waals surface area (Å²) in [7, 11) is 0. The average molecular weight is 588 g/mol. The first-order valence-electron chi connectivity index (χ1n) is 14.9. The lowest BCUT2D eigenvalue weighted by Gasteiger charge is -2.51. The molecule has 1 saturated heterocycles. The maximum absolute atomic E-state index is 16.4. The minimum atomic E-state index is -0.864. The van der Waals surface area contributed by atoms with Crippen LogP contribution in [-0.4, -0.2) is 41.7 Å². The molecule has 2 N–H and O–H groups in total. The maximum Gasteiger partial charge on any atom is 0.309 e. The summed E-state index contributed by atoms with van der Waals surface area (Å²) >= 11 is 0. The lowest BCUT2D eigenvalue weighted by atomic mass is 9.61. The third-order valence-corrected chi connectivity index (χ3v) is 8.74. The molecule has 1 aliphatic carbocycles. The fourth-order valence-electron chi connectivity index (χ4n) is 6.87. The number of carboxylic acids is 1. The average Bonchev–Trinajstić information content (AvgIpc) is 2.99. The van der Waals surface area contributed by atoms with E-state index in [9.17, 15) is 14.4 Å². The quantitative estimate of drug-likeness (QED) is 0.294. The molecular formula is C35H38FNO6. The van der Waals surface area contributed by atoms with Gasteiger partial charge in [-0.1, -0.05) is 79.7 Å². The zero-order valence-corrected chi connectivity index (χ0v) is 24.4. The van der Waals surface area contributed by atoms with Gasteiger partial charge in [0.25, 0.3) is 0 Å². The van der Waals surface area contributed by atoms with E-state index in [0.29, 0.717) is 42.4 Å². The van der Waals surface area contributed by atoms with E-state index in [0.717, 1.165) is 11.1 Å². The van der Waals surface area contributed by atoms with Gasteiger partial charge in [0.15, 0.2) is 0 Å². The van der Waals surface area contributed by atoms with Crippen LogP contribution in [-0.2, 0) is 43.3 Å². The van der Waals surface area contributed by atoms with Crippen LogP contribution in [0.25, 0.3) is 11.1 Å². The van der Waals surface area contributed by atoms with Crippen molar-refractivity contribution in [2.24, 2.45) is 17.8 Å². The number of ether oxygens (including phenoxy) is 2. The second kappa shape index (κ2) is 13.5. The predicted octanol–water partition coefficient (Wildman–Crippen LogP) is 5.73. The van der Waals surface area contributed by atoms with Crippen LogP contribution >= 0.6 is 0 Å². The fourth-order valence-corrected chi connectivity index (χ4v) is 6.87. The smallest absolute Gasteiger partial charge is 0.309 e. The van der Waals surface area contributed by atoms with Crippen LogP contribution in [0, 0.1) is 23.6 Å². The van der Waals surface area contributed by atoms with Gasteiger partial charge < -0.3 is 19.9 Å². The van der Waals surface area contributed by atoms with Gasteiger partial charge in [0.05, 0.1) is 18.1 Å². The number of hydrogen-bond donors (Lipinski definition) is 2. The molecule has 3 aromatic rings. The predicted molar refractivity (Wildman–Crippen MR) is 159 cm³/mol. The van der Waals surface area contributed by atoms with E-state index in [1.807, 2.05) is 54.6 Å². The molecule has 0 aromatic heterocycles. The first kappa shape index (κ1) is 30.4. The monoisotopic (exact) mass is 587 g/mol. The zero-order chi connectivity index (χ0) is 30.4. The van der Waals surface area contributed by atoms with E-state index in [1.54, 1.807) is 18.2 Å². The Kier molecular flexibility index (Phi) is 9.56. The van der Waals surface area contributed by atoms with E-state index in [4.69, 9.17) is 14.6 Å². The van der Waals surface area contributed by atoms with Gasteiger partial charge in [-0.3, -0.25) is 14.4 Å². The van der Waals surface area contributed by atoms with Gasteiger partial charge in [-0.15, -0.1) is 0 Å². The highest BCUT2D eigenvalue weighted by atomic mass is 19.1. The minimum Gasteiger partial charge on any atom is -0.481 e. The summed E-state index contributed by atoms with van der Waals surface area (Å²) in [6.07, 6.45) is 2.37. The molecule has 1 heterocycles. The van der Waals surface area contributed by atoms with Gasteiger partial charge in [0.1, 0.15) is 19.0 Å². The Morgan fingerprint density at radius 2 is 1.74 bits per heavy atom. The molecule has 1 saturated carbocycles. The van der Waals surface area contributed by atoms with E-state index in [-0.39, 0.29) is 56.3 Å². The number of aliphatic carboxylic acids is 1. The van der Waals surface area contributed by atoms with E-state index in [2.05, 4.69) is 12.2 Å². The van der Waals surface area contributed by atoms with Crippen molar-refractivity contribution in [3.63, 3.8) is 0 Å². The molecule has 1 aliphatic heterocycles. The largest absolute Gasteiger partial charge is 0.481 e. The molecule has 1 spiro atoms. The van der Waals surface area contributed by atoms with Crippen molar-refractivity contribution in [3.05, 3.63) is 95.3 Å². The van der Waals surface area contributed by atoms with Crippen molar-refractivity contribution in [1.29, 1.82) is 0 Å². The molecule has 2 fully saturated rings. The number of rotatable bonds is 10. The number of aryl methyl sites for hydroxylation is 1. The number of halogens is 1. The van der Waals surface area contributed by atoms with Crippen LogP contribution in [0.15, 0.2) is 72.8 Å². The Labute approximate surface area is 251 Å². The third-order valence-electron chi connectivity index (χ3n) is 8.74. The number of nitrogens with one attached hydrogen (secondary N) is 1. The first-order chi connectivity index (χ1) is 20.8. The number of esters is 1. The van der Waals surface area contributed by atoms with Gasteiger partial charge >= 0.3 is 11.9 Å². The lowest BCUT2D eigenvalue weighted by Crippen LogP contribution is -2.66. The van der Waals surface area contributed by atoms with Crippen molar-refractivity contribution in [2.75, 3.05) is 13.2 Å². The number of carbonyl (C=O) groups is 3. The van der Waals surface area contributed by atoms with Crippen molar-refractivity contribution >= 4 is 17.8 Å².